The third-order valence-electron chi connectivity index (χ3n) is 5.80. The number of nitrogens with zero attached hydrogens (tertiary/aromatic N) is 1. The van der Waals surface area contributed by atoms with Gasteiger partial charge in [-0.25, -0.2) is 0 Å². The quantitative estimate of drug-likeness (QED) is 0.213. The fourth-order valence-corrected chi connectivity index (χ4v) is 4.06. The van der Waals surface area contributed by atoms with E-state index in [0.29, 0.717) is 30.0 Å². The van der Waals surface area contributed by atoms with Crippen LogP contribution in [-0.4, -0.2) is 79.3 Å². The Bertz CT molecular complexity index is 834. The van der Waals surface area contributed by atoms with Gasteiger partial charge in [0.1, 0.15) is 36.9 Å². The second-order valence-electron chi connectivity index (χ2n) is 8.81. The van der Waals surface area contributed by atoms with Crippen LogP contribution in [0.5, 0.6) is 5.75 Å². The first-order valence-electron chi connectivity index (χ1n) is 11.5. The highest BCUT2D eigenvalue weighted by Gasteiger charge is 2.25. The smallest absolute Gasteiger partial charge is 0.126 e. The van der Waals surface area contributed by atoms with Crippen molar-refractivity contribution in [1.82, 2.24) is 4.90 Å². The molecule has 2 N–H and O–H groups in total. The van der Waals surface area contributed by atoms with Crippen LogP contribution in [0.25, 0.3) is 0 Å². The average molecular weight is 559 g/mol. The van der Waals surface area contributed by atoms with Gasteiger partial charge in [-0.2, -0.15) is 0 Å². The van der Waals surface area contributed by atoms with Gasteiger partial charge in [0.15, 0.2) is 0 Å². The van der Waals surface area contributed by atoms with Crippen molar-refractivity contribution in [3.63, 3.8) is 0 Å². The lowest BCUT2D eigenvalue weighted by atomic mass is 9.77. The summed E-state index contributed by atoms with van der Waals surface area (Å²) in [5.74, 6) is 1.26. The number of hydrogen-bond acceptors (Lipinski definition) is 6. The van der Waals surface area contributed by atoms with Gasteiger partial charge in [0, 0.05) is 25.0 Å². The van der Waals surface area contributed by atoms with Crippen LogP contribution in [0, 0.1) is 0 Å². The maximum absolute atomic E-state index is 10.3. The Morgan fingerprint density at radius 2 is 1.85 bits per heavy atom. The molecule has 0 saturated carbocycles. The number of morpholine rings is 1. The highest BCUT2D eigenvalue weighted by molar-refractivity contribution is 9.12. The molecule has 0 unspecified atom stereocenters. The molecular formula is C26H37BrClNO5. The van der Waals surface area contributed by atoms with E-state index in [2.05, 4.69) is 47.3 Å². The van der Waals surface area contributed by atoms with Crippen LogP contribution in [-0.2, 0) is 14.9 Å². The molecule has 1 saturated heterocycles. The topological polar surface area (TPSA) is 71.4 Å². The summed E-state index contributed by atoms with van der Waals surface area (Å²) in [6, 6.07) is 7.94. The number of rotatable bonds is 13. The van der Waals surface area contributed by atoms with Gasteiger partial charge in [-0.05, 0) is 52.2 Å². The fraction of sp³-hybridized carbons (Fsp3) is 0.538. The second-order valence-corrected chi connectivity index (χ2v) is 9.97. The van der Waals surface area contributed by atoms with E-state index < -0.39 is 12.2 Å². The first-order valence-corrected chi connectivity index (χ1v) is 12.8. The summed E-state index contributed by atoms with van der Waals surface area (Å²) in [6.07, 6.45) is 2.74. The molecule has 8 heteroatoms. The SMILES string of the molecule is C=C(OC[C@H](O)CCl)/C(Br)=C\C(=C/C)C(C)(C)c1ccc(OC[C@@H](O)CN2CCOCC2)cc1. The lowest BCUT2D eigenvalue weighted by Gasteiger charge is -2.29. The molecule has 34 heavy (non-hydrogen) atoms. The Morgan fingerprint density at radius 3 is 2.44 bits per heavy atom. The molecule has 190 valence electrons. The van der Waals surface area contributed by atoms with Crippen LogP contribution in [0.3, 0.4) is 0 Å². The van der Waals surface area contributed by atoms with E-state index in [-0.39, 0.29) is 24.5 Å². The normalized spacial score (nSPS) is 17.9. The van der Waals surface area contributed by atoms with Crippen LogP contribution in [0.15, 0.2) is 58.8 Å². The first kappa shape index (κ1) is 28.9. The number of β-amino-alcohol motifs (C(OH)–C–C–N with tert-alkyl or cyclic N) is 1. The summed E-state index contributed by atoms with van der Waals surface area (Å²) in [6.45, 7) is 14.2. The third-order valence-corrected chi connectivity index (χ3v) is 6.83. The van der Waals surface area contributed by atoms with Gasteiger partial charge >= 0.3 is 0 Å². The third kappa shape index (κ3) is 9.02. The van der Waals surface area contributed by atoms with E-state index in [4.69, 9.17) is 25.8 Å². The molecule has 0 spiro atoms. The van der Waals surface area contributed by atoms with Crippen LogP contribution in [0.4, 0.5) is 0 Å². The summed E-state index contributed by atoms with van der Waals surface area (Å²) in [5.41, 5.74) is 1.89. The van der Waals surface area contributed by atoms with Crippen LogP contribution < -0.4 is 4.74 Å². The van der Waals surface area contributed by atoms with Gasteiger partial charge in [-0.3, -0.25) is 4.90 Å². The van der Waals surface area contributed by atoms with E-state index in [0.717, 1.165) is 30.0 Å². The molecule has 2 atom stereocenters. The van der Waals surface area contributed by atoms with Gasteiger partial charge in [-0.15, -0.1) is 11.6 Å². The Labute approximate surface area is 217 Å². The maximum Gasteiger partial charge on any atom is 0.126 e. The molecule has 0 radical (unpaired) electrons. The average Bonchev–Trinajstić information content (AvgIpc) is 2.84. The lowest BCUT2D eigenvalue weighted by Crippen LogP contribution is -2.42. The minimum Gasteiger partial charge on any atom is -0.491 e. The summed E-state index contributed by atoms with van der Waals surface area (Å²) in [4.78, 5) is 2.19. The lowest BCUT2D eigenvalue weighted by molar-refractivity contribution is 0.00465. The van der Waals surface area contributed by atoms with Crippen molar-refractivity contribution in [3.8, 4) is 5.75 Å². The Balaban J connectivity index is 1.96. The number of allylic oxidation sites excluding steroid dienone is 4. The molecule has 1 aliphatic rings. The molecule has 0 bridgehead atoms. The van der Waals surface area contributed by atoms with E-state index in [1.165, 1.54) is 0 Å². The summed E-state index contributed by atoms with van der Waals surface area (Å²) < 4.78 is 17.4. The first-order chi connectivity index (χ1) is 16.2. The van der Waals surface area contributed by atoms with E-state index in [9.17, 15) is 10.2 Å². The van der Waals surface area contributed by atoms with Crippen LogP contribution >= 0.6 is 27.5 Å². The van der Waals surface area contributed by atoms with Gasteiger partial charge < -0.3 is 24.4 Å². The van der Waals surface area contributed by atoms with Gasteiger partial charge in [0.25, 0.3) is 0 Å². The summed E-state index contributed by atoms with van der Waals surface area (Å²) in [5, 5.41) is 19.9. The van der Waals surface area contributed by atoms with E-state index in [1.54, 1.807) is 0 Å². The highest BCUT2D eigenvalue weighted by atomic mass is 79.9. The van der Waals surface area contributed by atoms with E-state index >= 15 is 0 Å². The number of aliphatic hydroxyl groups is 2. The molecule has 1 aliphatic heterocycles. The maximum atomic E-state index is 10.3. The number of ether oxygens (including phenoxy) is 3. The highest BCUT2D eigenvalue weighted by Crippen LogP contribution is 2.35. The number of halogens is 2. The molecule has 0 amide bonds. The Kier molecular flexibility index (Phi) is 12.1. The molecular weight excluding hydrogens is 522 g/mol. The molecule has 1 fully saturated rings. The van der Waals surface area contributed by atoms with Crippen LogP contribution in [0.2, 0.25) is 0 Å². The van der Waals surface area contributed by atoms with Gasteiger partial charge in [0.2, 0.25) is 0 Å². The molecule has 2 rings (SSSR count). The van der Waals surface area contributed by atoms with E-state index in [1.807, 2.05) is 37.3 Å². The van der Waals surface area contributed by atoms with Crippen molar-refractivity contribution in [2.45, 2.75) is 38.4 Å². The van der Waals surface area contributed by atoms with Crippen molar-refractivity contribution in [2.75, 3.05) is 51.9 Å². The largest absolute Gasteiger partial charge is 0.491 e. The minimum atomic E-state index is -0.738. The number of aliphatic hydroxyl groups excluding tert-OH is 2. The molecule has 1 aromatic rings. The van der Waals surface area contributed by atoms with Gasteiger partial charge in [-0.1, -0.05) is 38.6 Å². The number of benzene rings is 1. The van der Waals surface area contributed by atoms with Crippen molar-refractivity contribution in [1.29, 1.82) is 0 Å². The fourth-order valence-electron chi connectivity index (χ4n) is 3.61. The molecule has 1 aromatic carbocycles. The minimum absolute atomic E-state index is 0.0858. The monoisotopic (exact) mass is 557 g/mol. The van der Waals surface area contributed by atoms with Crippen molar-refractivity contribution in [2.24, 2.45) is 0 Å². The van der Waals surface area contributed by atoms with Crippen LogP contribution in [0.1, 0.15) is 26.3 Å². The predicted molar refractivity (Wildman–Crippen MR) is 141 cm³/mol. The summed E-state index contributed by atoms with van der Waals surface area (Å²) >= 11 is 9.14. The van der Waals surface area contributed by atoms with Crippen molar-refractivity contribution < 1.29 is 24.4 Å². The Hall–Kier alpha value is -1.35. The number of hydrogen-bond donors (Lipinski definition) is 2. The predicted octanol–water partition coefficient (Wildman–Crippen LogP) is 4.39. The Morgan fingerprint density at radius 1 is 1.21 bits per heavy atom. The molecule has 0 aromatic heterocycles. The van der Waals surface area contributed by atoms with Crippen molar-refractivity contribution >= 4 is 27.5 Å². The second kappa shape index (κ2) is 14.3. The molecule has 0 aliphatic carbocycles. The zero-order valence-corrected chi connectivity index (χ0v) is 22.6. The van der Waals surface area contributed by atoms with Gasteiger partial charge in [0.05, 0.1) is 23.6 Å². The summed E-state index contributed by atoms with van der Waals surface area (Å²) in [7, 11) is 0. The number of alkyl halides is 1. The zero-order chi connectivity index (χ0) is 25.1. The standard InChI is InChI=1S/C26H37BrClNO5/c1-5-20(14-25(27)19(2)33-17-22(30)15-28)26(3,4)21-6-8-24(9-7-21)34-18-23(31)16-29-10-12-32-13-11-29/h5-9,14,22-23,30-31H,2,10-13,15-18H2,1,3-4H3/b20-5+,25-14+/t22-,23+/m1/s1. The van der Waals surface area contributed by atoms with Crippen molar-refractivity contribution in [3.05, 3.63) is 64.4 Å². The molecule has 6 nitrogen and oxygen atoms in total. The zero-order valence-electron chi connectivity index (χ0n) is 20.3. The molecule has 1 heterocycles.